The van der Waals surface area contributed by atoms with Crippen LogP contribution in [-0.2, 0) is 9.31 Å². The Kier molecular flexibility index (Phi) is 5.20. The fourth-order valence-corrected chi connectivity index (χ4v) is 6.67. The number of fused-ring (bicyclic) bond motifs is 11. The third kappa shape index (κ3) is 3.32. The van der Waals surface area contributed by atoms with Crippen LogP contribution in [-0.4, -0.2) is 22.7 Å². The Morgan fingerprint density at radius 2 is 1.33 bits per heavy atom. The van der Waals surface area contributed by atoms with Crippen LogP contribution in [0.25, 0.3) is 70.8 Å². The molecule has 9 rings (SSSR count). The molecule has 0 bridgehead atoms. The molecule has 0 atom stereocenters. The topological polar surface area (TPSA) is 36.0 Å². The molecule has 5 aromatic carbocycles. The number of rotatable bonds is 1. The molecular formula is C37H32BNO3. The standard InChI is InChI=1S/C34H26BNO3.C3H6/c1-33(2)34(3,4)39-35(38-33)20-13-15-29-26(17-20)31-24-18-25-23-10-7-9-22-21-8-5-6-11-27(21)36(32(22)23)28(25)16-19(24)12-14-30(31)37-29;1-3-2/h5-18H,1-4H3;3H,1H2,2H3. The molecule has 0 aliphatic carbocycles. The molecule has 42 heavy (non-hydrogen) atoms. The number of nitrogens with zero attached hydrogens (tertiary/aromatic N) is 1. The van der Waals surface area contributed by atoms with Gasteiger partial charge < -0.3 is 18.1 Å². The van der Waals surface area contributed by atoms with Gasteiger partial charge in [0, 0.05) is 32.3 Å². The lowest BCUT2D eigenvalue weighted by molar-refractivity contribution is 0.00578. The number of benzene rings is 5. The Hall–Kier alpha value is -4.32. The van der Waals surface area contributed by atoms with Crippen LogP contribution in [0.4, 0.5) is 0 Å². The van der Waals surface area contributed by atoms with Crippen molar-refractivity contribution in [1.29, 1.82) is 0 Å². The molecule has 4 nitrogen and oxygen atoms in total. The van der Waals surface area contributed by atoms with Gasteiger partial charge in [0.05, 0.1) is 27.8 Å². The predicted octanol–water partition coefficient (Wildman–Crippen LogP) is 9.38. The zero-order valence-electron chi connectivity index (χ0n) is 24.6. The van der Waals surface area contributed by atoms with Crippen molar-refractivity contribution >= 4 is 83.4 Å². The molecule has 8 aromatic rings. The molecule has 4 heterocycles. The summed E-state index contributed by atoms with van der Waals surface area (Å²) in [6.07, 6.45) is 1.75. The molecule has 0 unspecified atom stereocenters. The van der Waals surface area contributed by atoms with Crippen molar-refractivity contribution in [1.82, 2.24) is 4.40 Å². The minimum atomic E-state index is -0.416. The molecule has 0 saturated carbocycles. The monoisotopic (exact) mass is 549 g/mol. The van der Waals surface area contributed by atoms with Crippen LogP contribution in [0.1, 0.15) is 34.6 Å². The number of aromatic nitrogens is 1. The average Bonchev–Trinajstić information content (AvgIpc) is 3.67. The summed E-state index contributed by atoms with van der Waals surface area (Å²) in [5.74, 6) is 0. The highest BCUT2D eigenvalue weighted by molar-refractivity contribution is 6.62. The molecule has 1 fully saturated rings. The van der Waals surface area contributed by atoms with E-state index < -0.39 is 7.12 Å². The van der Waals surface area contributed by atoms with E-state index >= 15 is 0 Å². The summed E-state index contributed by atoms with van der Waals surface area (Å²) >= 11 is 0. The Morgan fingerprint density at radius 1 is 0.667 bits per heavy atom. The number of allylic oxidation sites excluding steroid dienone is 1. The van der Waals surface area contributed by atoms with Crippen molar-refractivity contribution in [2.75, 3.05) is 0 Å². The number of hydrogen-bond donors (Lipinski definition) is 0. The normalized spacial score (nSPS) is 16.5. The second-order valence-corrected chi connectivity index (χ2v) is 12.4. The van der Waals surface area contributed by atoms with Crippen LogP contribution in [0, 0.1) is 0 Å². The fourth-order valence-electron chi connectivity index (χ4n) is 6.67. The number of hydrogen-bond acceptors (Lipinski definition) is 3. The highest BCUT2D eigenvalue weighted by Gasteiger charge is 2.51. The van der Waals surface area contributed by atoms with Crippen molar-refractivity contribution < 1.29 is 13.7 Å². The maximum absolute atomic E-state index is 6.37. The third-order valence-corrected chi connectivity index (χ3v) is 9.34. The Bertz CT molecular complexity index is 2340. The summed E-state index contributed by atoms with van der Waals surface area (Å²) in [5, 5.41) is 9.76. The van der Waals surface area contributed by atoms with E-state index in [9.17, 15) is 0 Å². The largest absolute Gasteiger partial charge is 0.494 e. The van der Waals surface area contributed by atoms with Crippen molar-refractivity contribution in [3.8, 4) is 0 Å². The van der Waals surface area contributed by atoms with Gasteiger partial charge in [-0.2, -0.15) is 0 Å². The van der Waals surface area contributed by atoms with Crippen LogP contribution in [0.2, 0.25) is 0 Å². The second kappa shape index (κ2) is 8.60. The summed E-state index contributed by atoms with van der Waals surface area (Å²) in [6.45, 7) is 13.6. The van der Waals surface area contributed by atoms with Gasteiger partial charge in [-0.05, 0) is 81.2 Å². The average molecular weight is 549 g/mol. The van der Waals surface area contributed by atoms with Crippen molar-refractivity contribution in [3.05, 3.63) is 97.6 Å². The molecule has 1 aliphatic heterocycles. The molecular weight excluding hydrogens is 517 g/mol. The van der Waals surface area contributed by atoms with Gasteiger partial charge in [-0.3, -0.25) is 0 Å². The van der Waals surface area contributed by atoms with Gasteiger partial charge in [0.25, 0.3) is 0 Å². The maximum Gasteiger partial charge on any atom is 0.494 e. The van der Waals surface area contributed by atoms with Gasteiger partial charge in [-0.1, -0.05) is 60.7 Å². The van der Waals surface area contributed by atoms with Crippen molar-refractivity contribution in [2.24, 2.45) is 0 Å². The van der Waals surface area contributed by atoms with Gasteiger partial charge in [-0.25, -0.2) is 0 Å². The first-order valence-corrected chi connectivity index (χ1v) is 14.6. The van der Waals surface area contributed by atoms with Crippen LogP contribution < -0.4 is 5.46 Å². The highest BCUT2D eigenvalue weighted by Crippen LogP contribution is 2.43. The van der Waals surface area contributed by atoms with E-state index in [1.54, 1.807) is 6.08 Å². The van der Waals surface area contributed by atoms with Gasteiger partial charge >= 0.3 is 7.12 Å². The summed E-state index contributed by atoms with van der Waals surface area (Å²) in [7, 11) is -0.416. The fraction of sp³-hybridized carbons (Fsp3) is 0.189. The zero-order valence-corrected chi connectivity index (χ0v) is 24.6. The lowest BCUT2D eigenvalue weighted by atomic mass is 9.78. The zero-order chi connectivity index (χ0) is 29.0. The minimum absolute atomic E-state index is 0.389. The Balaban J connectivity index is 0.000000856. The molecule has 206 valence electrons. The summed E-state index contributed by atoms with van der Waals surface area (Å²) in [5.41, 5.74) is 5.77. The Morgan fingerprint density at radius 3 is 2.10 bits per heavy atom. The lowest BCUT2D eigenvalue weighted by Crippen LogP contribution is -2.41. The van der Waals surface area contributed by atoms with E-state index in [1.165, 1.54) is 48.9 Å². The number of para-hydroxylation sites is 2. The molecule has 1 aliphatic rings. The first-order chi connectivity index (χ1) is 20.2. The maximum atomic E-state index is 6.37. The smallest absolute Gasteiger partial charge is 0.456 e. The molecule has 5 heteroatoms. The molecule has 3 aromatic heterocycles. The van der Waals surface area contributed by atoms with E-state index in [4.69, 9.17) is 13.7 Å². The Labute approximate surface area is 244 Å². The quantitative estimate of drug-likeness (QED) is 0.151. The van der Waals surface area contributed by atoms with Crippen LogP contribution in [0.3, 0.4) is 0 Å². The van der Waals surface area contributed by atoms with Gasteiger partial charge in [0.15, 0.2) is 0 Å². The molecule has 1 saturated heterocycles. The first-order valence-electron chi connectivity index (χ1n) is 14.6. The number of furan rings is 1. The van der Waals surface area contributed by atoms with Gasteiger partial charge in [0.1, 0.15) is 11.2 Å². The molecule has 0 radical (unpaired) electrons. The van der Waals surface area contributed by atoms with Crippen LogP contribution in [0.15, 0.2) is 102 Å². The predicted molar refractivity (Wildman–Crippen MR) is 177 cm³/mol. The van der Waals surface area contributed by atoms with E-state index in [-0.39, 0.29) is 11.2 Å². The molecule has 0 N–H and O–H groups in total. The van der Waals surface area contributed by atoms with Crippen LogP contribution in [0.5, 0.6) is 0 Å². The van der Waals surface area contributed by atoms with E-state index in [2.05, 4.69) is 118 Å². The minimum Gasteiger partial charge on any atom is -0.456 e. The summed E-state index contributed by atoms with van der Waals surface area (Å²) in [4.78, 5) is 0. The van der Waals surface area contributed by atoms with E-state index in [1.807, 2.05) is 13.0 Å². The van der Waals surface area contributed by atoms with Crippen molar-refractivity contribution in [2.45, 2.75) is 45.8 Å². The highest BCUT2D eigenvalue weighted by atomic mass is 16.7. The SMILES string of the molecule is C=CC.CC1(C)OB(c2ccc3oc4ccc5cc6c(cc5c4c3c2)c2cccc3c4ccccc4n6c32)OC1(C)C. The molecule has 0 spiro atoms. The summed E-state index contributed by atoms with van der Waals surface area (Å²) in [6, 6.07) is 30.7. The third-order valence-electron chi connectivity index (χ3n) is 9.34. The van der Waals surface area contributed by atoms with Gasteiger partial charge in [0.2, 0.25) is 0 Å². The molecule has 0 amide bonds. The van der Waals surface area contributed by atoms with Crippen molar-refractivity contribution in [3.63, 3.8) is 0 Å². The second-order valence-electron chi connectivity index (χ2n) is 12.4. The van der Waals surface area contributed by atoms with E-state index in [0.717, 1.165) is 27.4 Å². The summed E-state index contributed by atoms with van der Waals surface area (Å²) < 4.78 is 21.5. The van der Waals surface area contributed by atoms with E-state index in [0.29, 0.717) is 0 Å². The van der Waals surface area contributed by atoms with Crippen LogP contribution >= 0.6 is 0 Å². The lowest BCUT2D eigenvalue weighted by Gasteiger charge is -2.32. The first kappa shape index (κ1) is 25.4. The van der Waals surface area contributed by atoms with Gasteiger partial charge in [-0.15, -0.1) is 6.58 Å².